The van der Waals surface area contributed by atoms with E-state index < -0.39 is 11.1 Å². The van der Waals surface area contributed by atoms with Crippen molar-refractivity contribution in [3.63, 3.8) is 0 Å². The zero-order valence-corrected chi connectivity index (χ0v) is 19.7. The molecule has 3 aromatic rings. The Kier molecular flexibility index (Phi) is 6.28. The molecule has 2 atom stereocenters. The first kappa shape index (κ1) is 22.2. The van der Waals surface area contributed by atoms with E-state index in [-0.39, 0.29) is 11.9 Å². The Hall–Kier alpha value is -2.60. The SMILES string of the molecule is Cc1cnc(-c2ccn[nH]2)c2nc(N3CCOC[C@H]3C)cc(N3CCN(CS(=O)[O-])CC3)c12. The van der Waals surface area contributed by atoms with Gasteiger partial charge < -0.3 is 19.1 Å². The van der Waals surface area contributed by atoms with Crippen molar-refractivity contribution < 1.29 is 13.5 Å². The van der Waals surface area contributed by atoms with Crippen LogP contribution in [0.4, 0.5) is 11.5 Å². The Labute approximate surface area is 195 Å². The minimum atomic E-state index is -2.06. The van der Waals surface area contributed by atoms with E-state index in [9.17, 15) is 8.76 Å². The number of aryl methyl sites for hydroxylation is 1. The molecule has 33 heavy (non-hydrogen) atoms. The number of hydrogen-bond acceptors (Lipinski definition) is 9. The summed E-state index contributed by atoms with van der Waals surface area (Å²) in [5, 5.41) is 8.21. The van der Waals surface area contributed by atoms with Crippen LogP contribution in [0.1, 0.15) is 12.5 Å². The highest BCUT2D eigenvalue weighted by atomic mass is 32.2. The first-order chi connectivity index (χ1) is 16.0. The lowest BCUT2D eigenvalue weighted by Crippen LogP contribution is -2.47. The van der Waals surface area contributed by atoms with Gasteiger partial charge >= 0.3 is 0 Å². The highest BCUT2D eigenvalue weighted by Gasteiger charge is 2.26. The smallest absolute Gasteiger partial charge is 0.131 e. The molecule has 1 N–H and O–H groups in total. The van der Waals surface area contributed by atoms with E-state index in [0.717, 1.165) is 59.0 Å². The van der Waals surface area contributed by atoms with Gasteiger partial charge in [0, 0.05) is 56.6 Å². The zero-order chi connectivity index (χ0) is 22.9. The Bertz CT molecular complexity index is 1150. The number of pyridine rings is 2. The molecule has 2 fully saturated rings. The molecular formula is C22H28N7O3S-. The van der Waals surface area contributed by atoms with Gasteiger partial charge in [0.1, 0.15) is 17.0 Å². The molecule has 3 aromatic heterocycles. The largest absolute Gasteiger partial charge is 0.771 e. The minimum Gasteiger partial charge on any atom is -0.771 e. The number of aromatic nitrogens is 4. The molecule has 0 aromatic carbocycles. The Balaban J connectivity index is 1.62. The molecule has 176 valence electrons. The van der Waals surface area contributed by atoms with E-state index in [4.69, 9.17) is 14.7 Å². The van der Waals surface area contributed by atoms with Gasteiger partial charge in [0.2, 0.25) is 0 Å². The minimum absolute atomic E-state index is 0.0778. The summed E-state index contributed by atoms with van der Waals surface area (Å²) >= 11 is -2.06. The number of nitrogens with one attached hydrogen (secondary N) is 1. The monoisotopic (exact) mass is 470 g/mol. The fourth-order valence-electron chi connectivity index (χ4n) is 4.68. The first-order valence-electron chi connectivity index (χ1n) is 11.2. The number of morpholine rings is 1. The summed E-state index contributed by atoms with van der Waals surface area (Å²) in [6.07, 6.45) is 3.61. The molecule has 0 aliphatic carbocycles. The van der Waals surface area contributed by atoms with Crippen LogP contribution < -0.4 is 9.80 Å². The normalized spacial score (nSPS) is 21.0. The first-order valence-corrected chi connectivity index (χ1v) is 12.4. The molecule has 2 saturated heterocycles. The van der Waals surface area contributed by atoms with Crippen molar-refractivity contribution in [3.8, 4) is 11.4 Å². The lowest BCUT2D eigenvalue weighted by atomic mass is 10.0. The summed E-state index contributed by atoms with van der Waals surface area (Å²) in [5.74, 6) is 0.985. The van der Waals surface area contributed by atoms with Crippen molar-refractivity contribution in [2.75, 3.05) is 61.6 Å². The molecule has 0 radical (unpaired) electrons. The van der Waals surface area contributed by atoms with Crippen LogP contribution in [0.2, 0.25) is 0 Å². The van der Waals surface area contributed by atoms with Crippen molar-refractivity contribution in [1.29, 1.82) is 0 Å². The van der Waals surface area contributed by atoms with E-state index in [1.165, 1.54) is 0 Å². The fraction of sp³-hybridized carbons (Fsp3) is 0.500. The van der Waals surface area contributed by atoms with Crippen molar-refractivity contribution in [2.45, 2.75) is 19.9 Å². The number of piperazine rings is 1. The van der Waals surface area contributed by atoms with Crippen LogP contribution in [0.15, 0.2) is 24.5 Å². The molecule has 11 heteroatoms. The molecule has 0 saturated carbocycles. The molecule has 1 unspecified atom stereocenters. The topological polar surface area (TPSA) is 114 Å². The van der Waals surface area contributed by atoms with E-state index in [0.29, 0.717) is 26.3 Å². The van der Waals surface area contributed by atoms with Gasteiger partial charge in [-0.3, -0.25) is 19.2 Å². The second kappa shape index (κ2) is 9.34. The summed E-state index contributed by atoms with van der Waals surface area (Å²) in [6, 6.07) is 4.30. The van der Waals surface area contributed by atoms with E-state index >= 15 is 0 Å². The molecule has 10 nitrogen and oxygen atoms in total. The van der Waals surface area contributed by atoms with Gasteiger partial charge in [0.25, 0.3) is 0 Å². The number of fused-ring (bicyclic) bond motifs is 1. The maximum absolute atomic E-state index is 11.1. The van der Waals surface area contributed by atoms with Gasteiger partial charge in [-0.05, 0) is 36.6 Å². The predicted molar refractivity (Wildman–Crippen MR) is 127 cm³/mol. The zero-order valence-electron chi connectivity index (χ0n) is 18.9. The number of nitrogens with zero attached hydrogens (tertiary/aromatic N) is 6. The van der Waals surface area contributed by atoms with Gasteiger partial charge in [-0.1, -0.05) is 0 Å². The van der Waals surface area contributed by atoms with Crippen molar-refractivity contribution in [2.24, 2.45) is 0 Å². The Morgan fingerprint density at radius 3 is 2.79 bits per heavy atom. The second-order valence-electron chi connectivity index (χ2n) is 8.64. The standard InChI is InChI=1S/C22H29N7O3S/c1-15-12-23-21(17-3-4-24-26-17)22-20(15)18(28-7-5-27(6-8-28)14-33(30)31)11-19(25-22)29-9-10-32-13-16(29)2/h3-4,11-12,16H,5-10,13-14H2,1-2H3,(H,24,26)(H,30,31)/p-1/t16-/m1/s1. The molecule has 0 amide bonds. The molecule has 5 rings (SSSR count). The van der Waals surface area contributed by atoms with Crippen LogP contribution in [-0.4, -0.2) is 91.7 Å². The molecular weight excluding hydrogens is 442 g/mol. The average Bonchev–Trinajstić information content (AvgIpc) is 3.34. The number of rotatable bonds is 5. The molecule has 2 aliphatic rings. The number of hydrogen-bond donors (Lipinski definition) is 1. The number of anilines is 2. The molecule has 0 bridgehead atoms. The Morgan fingerprint density at radius 1 is 1.27 bits per heavy atom. The van der Waals surface area contributed by atoms with Crippen LogP contribution in [0.3, 0.4) is 0 Å². The second-order valence-corrected chi connectivity index (χ2v) is 9.50. The van der Waals surface area contributed by atoms with Crippen LogP contribution in [0.25, 0.3) is 22.3 Å². The lowest BCUT2D eigenvalue weighted by molar-refractivity contribution is 0.0986. The van der Waals surface area contributed by atoms with E-state index in [2.05, 4.69) is 39.9 Å². The van der Waals surface area contributed by atoms with Crippen molar-refractivity contribution in [1.82, 2.24) is 25.1 Å². The van der Waals surface area contributed by atoms with Crippen molar-refractivity contribution in [3.05, 3.63) is 30.1 Å². The summed E-state index contributed by atoms with van der Waals surface area (Å²) < 4.78 is 27.9. The maximum atomic E-state index is 11.1. The van der Waals surface area contributed by atoms with Gasteiger partial charge in [0.15, 0.2) is 0 Å². The van der Waals surface area contributed by atoms with Gasteiger partial charge in [-0.15, -0.1) is 0 Å². The third-order valence-electron chi connectivity index (χ3n) is 6.41. The van der Waals surface area contributed by atoms with Crippen LogP contribution in [0, 0.1) is 6.92 Å². The summed E-state index contributed by atoms with van der Waals surface area (Å²) in [5.41, 5.74) is 4.61. The highest BCUT2D eigenvalue weighted by Crippen LogP contribution is 2.37. The average molecular weight is 471 g/mol. The molecule has 0 spiro atoms. The molecule has 2 aliphatic heterocycles. The maximum Gasteiger partial charge on any atom is 0.131 e. The van der Waals surface area contributed by atoms with Crippen LogP contribution in [0.5, 0.6) is 0 Å². The van der Waals surface area contributed by atoms with Crippen LogP contribution in [-0.2, 0) is 15.8 Å². The highest BCUT2D eigenvalue weighted by molar-refractivity contribution is 7.79. The third kappa shape index (κ3) is 4.45. The summed E-state index contributed by atoms with van der Waals surface area (Å²) in [6.45, 7) is 9.20. The fourth-order valence-corrected chi connectivity index (χ4v) is 5.24. The van der Waals surface area contributed by atoms with Crippen molar-refractivity contribution >= 4 is 33.5 Å². The summed E-state index contributed by atoms with van der Waals surface area (Å²) in [4.78, 5) is 16.4. The quantitative estimate of drug-likeness (QED) is 0.554. The Morgan fingerprint density at radius 2 is 2.09 bits per heavy atom. The van der Waals surface area contributed by atoms with E-state index in [1.54, 1.807) is 6.20 Å². The van der Waals surface area contributed by atoms with Gasteiger partial charge in [-0.25, -0.2) is 4.98 Å². The number of H-pyrrole nitrogens is 1. The van der Waals surface area contributed by atoms with E-state index in [1.807, 2.05) is 17.2 Å². The lowest BCUT2D eigenvalue weighted by Gasteiger charge is -2.38. The number of aromatic amines is 1. The van der Waals surface area contributed by atoms with Gasteiger partial charge in [0.05, 0.1) is 36.5 Å². The van der Waals surface area contributed by atoms with Crippen LogP contribution >= 0.6 is 0 Å². The molecule has 5 heterocycles. The number of ether oxygens (including phenoxy) is 1. The summed E-state index contributed by atoms with van der Waals surface area (Å²) in [7, 11) is 0. The van der Waals surface area contributed by atoms with Gasteiger partial charge in [-0.2, -0.15) is 5.10 Å². The third-order valence-corrected chi connectivity index (χ3v) is 6.99. The predicted octanol–water partition coefficient (Wildman–Crippen LogP) is 1.51.